The highest BCUT2D eigenvalue weighted by Gasteiger charge is 2.39. The van der Waals surface area contributed by atoms with Crippen LogP contribution in [0.5, 0.6) is 0 Å². The second-order valence-corrected chi connectivity index (χ2v) is 9.13. The minimum absolute atomic E-state index is 0.0683. The van der Waals surface area contributed by atoms with Crippen LogP contribution in [0.4, 0.5) is 17.6 Å². The molecule has 2 aromatic heterocycles. The van der Waals surface area contributed by atoms with Gasteiger partial charge in [0.15, 0.2) is 5.69 Å². The van der Waals surface area contributed by atoms with Gasteiger partial charge in [0.25, 0.3) is 11.8 Å². The predicted molar refractivity (Wildman–Crippen MR) is 120 cm³/mol. The Kier molecular flexibility index (Phi) is 6.01. The Morgan fingerprint density at radius 3 is 2.47 bits per heavy atom. The maximum Gasteiger partial charge on any atom is 0.417 e. The van der Waals surface area contributed by atoms with Gasteiger partial charge in [-0.05, 0) is 55.0 Å². The van der Waals surface area contributed by atoms with Gasteiger partial charge in [0, 0.05) is 31.0 Å². The molecule has 0 saturated carbocycles. The highest BCUT2D eigenvalue weighted by atomic mass is 19.4. The van der Waals surface area contributed by atoms with Crippen LogP contribution in [0.2, 0.25) is 0 Å². The summed E-state index contributed by atoms with van der Waals surface area (Å²) in [4.78, 5) is 33.1. The van der Waals surface area contributed by atoms with Gasteiger partial charge in [-0.1, -0.05) is 6.07 Å². The molecule has 1 N–H and O–H groups in total. The number of rotatable bonds is 3. The fraction of sp³-hybridized carbons (Fsp3) is 0.360. The van der Waals surface area contributed by atoms with E-state index in [9.17, 15) is 27.2 Å². The molecule has 0 bridgehead atoms. The van der Waals surface area contributed by atoms with Gasteiger partial charge in [0.1, 0.15) is 5.82 Å². The lowest BCUT2D eigenvalue weighted by atomic mass is 9.84. The molecule has 0 spiro atoms. The van der Waals surface area contributed by atoms with Crippen LogP contribution in [0.15, 0.2) is 36.7 Å². The zero-order valence-corrected chi connectivity index (χ0v) is 19.4. The number of amides is 2. The van der Waals surface area contributed by atoms with E-state index in [4.69, 9.17) is 0 Å². The van der Waals surface area contributed by atoms with E-state index in [1.165, 1.54) is 12.3 Å². The molecule has 3 aromatic rings. The molecule has 7 nitrogen and oxygen atoms in total. The first-order valence-corrected chi connectivity index (χ1v) is 11.6. The zero-order chi connectivity index (χ0) is 25.6. The van der Waals surface area contributed by atoms with Crippen molar-refractivity contribution >= 4 is 11.8 Å². The number of carbonyl (C=O) groups excluding carboxylic acids is 2. The Morgan fingerprint density at radius 2 is 1.81 bits per heavy atom. The lowest BCUT2D eigenvalue weighted by Gasteiger charge is -2.33. The van der Waals surface area contributed by atoms with Crippen molar-refractivity contribution in [3.05, 3.63) is 81.7 Å². The summed E-state index contributed by atoms with van der Waals surface area (Å²) in [5, 5.41) is 7.01. The Labute approximate surface area is 204 Å². The Morgan fingerprint density at radius 1 is 1.06 bits per heavy atom. The molecular weight excluding hydrogens is 478 g/mol. The fourth-order valence-corrected chi connectivity index (χ4v) is 5.10. The summed E-state index contributed by atoms with van der Waals surface area (Å²) in [6.45, 7) is 2.14. The van der Waals surface area contributed by atoms with Crippen molar-refractivity contribution in [2.75, 3.05) is 13.1 Å². The molecule has 0 atom stereocenters. The van der Waals surface area contributed by atoms with Crippen LogP contribution in [0.25, 0.3) is 0 Å². The number of hydrogen-bond donors (Lipinski definition) is 1. The molecule has 36 heavy (non-hydrogen) atoms. The van der Waals surface area contributed by atoms with Gasteiger partial charge in [-0.15, -0.1) is 0 Å². The number of fused-ring (bicyclic) bond motifs is 1. The third kappa shape index (κ3) is 4.22. The van der Waals surface area contributed by atoms with E-state index in [0.717, 1.165) is 13.0 Å². The number of pyridine rings is 1. The summed E-state index contributed by atoms with van der Waals surface area (Å²) in [5.74, 6) is -1.86. The molecule has 5 rings (SSSR count). The van der Waals surface area contributed by atoms with Crippen molar-refractivity contribution in [2.45, 2.75) is 44.9 Å². The number of halogens is 4. The Balaban J connectivity index is 1.28. The number of carbonyl (C=O) groups is 2. The predicted octanol–water partition coefficient (Wildman–Crippen LogP) is 4.45. The molecule has 0 aliphatic carbocycles. The van der Waals surface area contributed by atoms with E-state index in [1.54, 1.807) is 28.1 Å². The number of aromatic amines is 1. The Bertz CT molecular complexity index is 1310. The molecule has 1 aromatic carbocycles. The second kappa shape index (κ2) is 9.03. The van der Waals surface area contributed by atoms with Crippen LogP contribution < -0.4 is 0 Å². The van der Waals surface area contributed by atoms with Gasteiger partial charge in [0.2, 0.25) is 0 Å². The standard InChI is InChI=1S/C25H23F4N5O2/c1-14-19(26)5-4-17(21(14)25(27,28)29)15-6-9-33(10-7-15)24(36)22-18-12-34(13-20(18)31-32-22)23(35)16-3-2-8-30-11-16/h2-5,8,11,15H,6-7,9-10,12-13H2,1H3,(H,31,32). The lowest BCUT2D eigenvalue weighted by molar-refractivity contribution is -0.139. The minimum atomic E-state index is -4.66. The maximum absolute atomic E-state index is 13.9. The summed E-state index contributed by atoms with van der Waals surface area (Å²) in [6.07, 6.45) is -0.968. The normalized spacial score (nSPS) is 16.4. The Hall–Kier alpha value is -3.76. The first-order valence-electron chi connectivity index (χ1n) is 11.6. The average molecular weight is 501 g/mol. The molecule has 1 saturated heterocycles. The van der Waals surface area contributed by atoms with Crippen LogP contribution in [-0.4, -0.2) is 49.9 Å². The van der Waals surface area contributed by atoms with Crippen LogP contribution in [0.3, 0.4) is 0 Å². The number of hydrogen-bond acceptors (Lipinski definition) is 4. The second-order valence-electron chi connectivity index (χ2n) is 9.13. The van der Waals surface area contributed by atoms with Gasteiger partial charge < -0.3 is 9.80 Å². The smallest absolute Gasteiger partial charge is 0.337 e. The number of nitrogens with one attached hydrogen (secondary N) is 1. The molecule has 2 aliphatic heterocycles. The molecule has 2 amide bonds. The molecule has 2 aliphatic rings. The summed E-state index contributed by atoms with van der Waals surface area (Å²) in [7, 11) is 0. The molecular formula is C25H23F4N5O2. The van der Waals surface area contributed by atoms with E-state index >= 15 is 0 Å². The first-order chi connectivity index (χ1) is 17.1. The van der Waals surface area contributed by atoms with Crippen molar-refractivity contribution in [2.24, 2.45) is 0 Å². The number of H-pyrrole nitrogens is 1. The van der Waals surface area contributed by atoms with Crippen LogP contribution >= 0.6 is 0 Å². The van der Waals surface area contributed by atoms with Gasteiger partial charge in [-0.2, -0.15) is 18.3 Å². The molecule has 0 radical (unpaired) electrons. The number of benzene rings is 1. The van der Waals surface area contributed by atoms with Crippen molar-refractivity contribution in [3.8, 4) is 0 Å². The summed E-state index contributed by atoms with van der Waals surface area (Å²) >= 11 is 0. The molecule has 0 unspecified atom stereocenters. The van der Waals surface area contributed by atoms with Crippen LogP contribution in [0, 0.1) is 12.7 Å². The van der Waals surface area contributed by atoms with Crippen molar-refractivity contribution in [1.82, 2.24) is 25.0 Å². The number of piperidine rings is 1. The third-order valence-electron chi connectivity index (χ3n) is 6.99. The van der Waals surface area contributed by atoms with Gasteiger partial charge in [-0.3, -0.25) is 19.7 Å². The van der Waals surface area contributed by atoms with E-state index in [-0.39, 0.29) is 49.3 Å². The van der Waals surface area contributed by atoms with Crippen molar-refractivity contribution in [3.63, 3.8) is 0 Å². The average Bonchev–Trinajstić information content (AvgIpc) is 3.46. The fourth-order valence-electron chi connectivity index (χ4n) is 5.10. The summed E-state index contributed by atoms with van der Waals surface area (Å²) < 4.78 is 54.9. The molecule has 11 heteroatoms. The zero-order valence-electron chi connectivity index (χ0n) is 19.4. The van der Waals surface area contributed by atoms with Gasteiger partial charge in [-0.25, -0.2) is 4.39 Å². The molecule has 1 fully saturated rings. The third-order valence-corrected chi connectivity index (χ3v) is 6.99. The van der Waals surface area contributed by atoms with E-state index in [2.05, 4.69) is 15.2 Å². The number of aromatic nitrogens is 3. The minimum Gasteiger partial charge on any atom is -0.337 e. The van der Waals surface area contributed by atoms with E-state index in [1.807, 2.05) is 0 Å². The lowest BCUT2D eigenvalue weighted by Crippen LogP contribution is -2.39. The highest BCUT2D eigenvalue weighted by Crippen LogP contribution is 2.41. The largest absolute Gasteiger partial charge is 0.417 e. The van der Waals surface area contributed by atoms with Gasteiger partial charge in [0.05, 0.1) is 29.9 Å². The first kappa shape index (κ1) is 24.0. The van der Waals surface area contributed by atoms with Crippen molar-refractivity contribution < 1.29 is 27.2 Å². The maximum atomic E-state index is 13.9. The van der Waals surface area contributed by atoms with Gasteiger partial charge >= 0.3 is 6.18 Å². The van der Waals surface area contributed by atoms with Crippen LogP contribution in [0.1, 0.15) is 67.6 Å². The highest BCUT2D eigenvalue weighted by molar-refractivity contribution is 5.96. The monoisotopic (exact) mass is 501 g/mol. The molecule has 4 heterocycles. The van der Waals surface area contributed by atoms with Crippen molar-refractivity contribution in [1.29, 1.82) is 0 Å². The van der Waals surface area contributed by atoms with Crippen LogP contribution in [-0.2, 0) is 19.3 Å². The quantitative estimate of drug-likeness (QED) is 0.538. The number of nitrogens with zero attached hydrogens (tertiary/aromatic N) is 4. The van der Waals surface area contributed by atoms with E-state index < -0.39 is 29.0 Å². The number of likely N-dealkylation sites (tertiary alicyclic amines) is 1. The number of alkyl halides is 3. The summed E-state index contributed by atoms with van der Waals surface area (Å²) in [5.41, 5.74) is 0.735. The topological polar surface area (TPSA) is 82.2 Å². The molecule has 188 valence electrons. The van der Waals surface area contributed by atoms with E-state index in [0.29, 0.717) is 29.7 Å². The SMILES string of the molecule is Cc1c(F)ccc(C2CCN(C(=O)c3n[nH]c4c3CN(C(=O)c3cccnc3)C4)CC2)c1C(F)(F)F. The summed E-state index contributed by atoms with van der Waals surface area (Å²) in [6, 6.07) is 5.63.